The van der Waals surface area contributed by atoms with Gasteiger partial charge in [-0.1, -0.05) is 67.3 Å². The maximum atomic E-state index is 13.7. The molecule has 0 amide bonds. The van der Waals surface area contributed by atoms with E-state index in [1.54, 1.807) is 6.92 Å². The number of allylic oxidation sites excluding steroid dienone is 4. The van der Waals surface area contributed by atoms with Crippen molar-refractivity contribution in [1.82, 2.24) is 0 Å². The van der Waals surface area contributed by atoms with Gasteiger partial charge in [0.05, 0.1) is 13.0 Å². The lowest BCUT2D eigenvalue weighted by Crippen LogP contribution is -2.33. The molecule has 42 heavy (non-hydrogen) atoms. The van der Waals surface area contributed by atoms with Crippen LogP contribution < -0.4 is 0 Å². The zero-order chi connectivity index (χ0) is 31.1. The molecule has 0 heterocycles. The van der Waals surface area contributed by atoms with Crippen LogP contribution in [-0.4, -0.2) is 29.9 Å². The Kier molecular flexibility index (Phi) is 16.0. The molecule has 0 bridgehead atoms. The van der Waals surface area contributed by atoms with Crippen LogP contribution in [0.1, 0.15) is 109 Å². The van der Waals surface area contributed by atoms with Gasteiger partial charge in [0.2, 0.25) is 0 Å². The smallest absolute Gasteiger partial charge is 0.306 e. The minimum Gasteiger partial charge on any atom is -0.466 e. The molecule has 232 valence electrons. The van der Waals surface area contributed by atoms with Gasteiger partial charge < -0.3 is 4.74 Å². The van der Waals surface area contributed by atoms with E-state index in [1.165, 1.54) is 0 Å². The van der Waals surface area contributed by atoms with Crippen LogP contribution in [0.3, 0.4) is 0 Å². The van der Waals surface area contributed by atoms with Crippen molar-refractivity contribution in [1.29, 1.82) is 0 Å². The molecule has 1 fully saturated rings. The second-order valence-electron chi connectivity index (χ2n) is 11.9. The molecule has 1 saturated carbocycles. The number of halogens is 1. The maximum Gasteiger partial charge on any atom is 0.306 e. The number of unbranched alkanes of at least 4 members (excludes halogenated alkanes) is 1. The van der Waals surface area contributed by atoms with Crippen LogP contribution in [0.2, 0.25) is 5.02 Å². The summed E-state index contributed by atoms with van der Waals surface area (Å²) in [5.41, 5.74) is 3.22. The molecule has 4 unspecified atom stereocenters. The van der Waals surface area contributed by atoms with E-state index in [0.717, 1.165) is 36.0 Å². The average Bonchev–Trinajstić information content (AvgIpc) is 2.94. The van der Waals surface area contributed by atoms with E-state index in [4.69, 9.17) is 16.3 Å². The van der Waals surface area contributed by atoms with E-state index in [1.807, 2.05) is 57.2 Å². The van der Waals surface area contributed by atoms with Gasteiger partial charge >= 0.3 is 5.97 Å². The van der Waals surface area contributed by atoms with Gasteiger partial charge in [-0.3, -0.25) is 19.2 Å². The van der Waals surface area contributed by atoms with Crippen LogP contribution in [0.5, 0.6) is 0 Å². The molecule has 2 rings (SSSR count). The fourth-order valence-corrected chi connectivity index (χ4v) is 6.34. The molecule has 1 aromatic carbocycles. The number of aryl methyl sites for hydroxylation is 2. The summed E-state index contributed by atoms with van der Waals surface area (Å²) >= 11 is 6.47. The van der Waals surface area contributed by atoms with Gasteiger partial charge in [-0.25, -0.2) is 0 Å². The average molecular weight is 599 g/mol. The third-order valence-electron chi connectivity index (χ3n) is 8.55. The first-order valence-corrected chi connectivity index (χ1v) is 16.3. The fraction of sp³-hybridized carbons (Fsp3) is 0.611. The number of hydrogen-bond acceptors (Lipinski definition) is 5. The Morgan fingerprint density at radius 3 is 2.40 bits per heavy atom. The van der Waals surface area contributed by atoms with Crippen molar-refractivity contribution in [2.45, 2.75) is 112 Å². The first kappa shape index (κ1) is 35.7. The topological polar surface area (TPSA) is 77.5 Å². The predicted octanol–water partition coefficient (Wildman–Crippen LogP) is 8.77. The van der Waals surface area contributed by atoms with Crippen molar-refractivity contribution in [2.24, 2.45) is 23.7 Å². The van der Waals surface area contributed by atoms with E-state index in [9.17, 15) is 19.2 Å². The molecule has 5 nitrogen and oxygen atoms in total. The Morgan fingerprint density at radius 2 is 1.79 bits per heavy atom. The first-order valence-electron chi connectivity index (χ1n) is 15.9. The van der Waals surface area contributed by atoms with Crippen molar-refractivity contribution >= 4 is 34.9 Å². The highest BCUT2D eigenvalue weighted by molar-refractivity contribution is 6.31. The summed E-state index contributed by atoms with van der Waals surface area (Å²) in [5, 5.41) is 0.714. The summed E-state index contributed by atoms with van der Waals surface area (Å²) in [6.45, 7) is 10.0. The van der Waals surface area contributed by atoms with Gasteiger partial charge in [0.25, 0.3) is 0 Å². The standard InChI is InChI=1S/C36H51ClO5/c1-6-10-12-29-22-31(23-35(40)30(24-36(41)42-9-4)18-14-26(8-3)11-7-2)34(39)21-27(20-33(29)38)15-17-28-16-13-25(5)19-32(28)37/h7-8,11,13,16,19,27,29-31H,6,9-10,12,14-15,17-18,20-24H2,1-5H3. The molecule has 1 aliphatic rings. The van der Waals surface area contributed by atoms with E-state index in [-0.39, 0.29) is 48.6 Å². The third kappa shape index (κ3) is 12.0. The van der Waals surface area contributed by atoms with Crippen molar-refractivity contribution in [3.05, 3.63) is 58.1 Å². The van der Waals surface area contributed by atoms with E-state index < -0.39 is 17.8 Å². The lowest BCUT2D eigenvalue weighted by Gasteiger charge is -2.29. The normalized spacial score (nSPS) is 20.8. The van der Waals surface area contributed by atoms with Crippen molar-refractivity contribution in [3.63, 3.8) is 0 Å². The Labute approximate surface area is 258 Å². The molecule has 0 N–H and O–H groups in total. The van der Waals surface area contributed by atoms with Crippen molar-refractivity contribution in [3.8, 4) is 0 Å². The Hall–Kier alpha value is -2.53. The molecule has 0 saturated heterocycles. The number of hydrogen-bond donors (Lipinski definition) is 0. The van der Waals surface area contributed by atoms with Crippen LogP contribution in [0.15, 0.2) is 42.0 Å². The minimum absolute atomic E-state index is 0.0124. The monoisotopic (exact) mass is 598 g/mol. The number of benzene rings is 1. The maximum absolute atomic E-state index is 13.7. The molecule has 1 aliphatic carbocycles. The van der Waals surface area contributed by atoms with Gasteiger partial charge in [-0.15, -0.1) is 0 Å². The number of Topliss-reactive ketones (excluding diaryl/α,β-unsaturated/α-hetero) is 3. The summed E-state index contributed by atoms with van der Waals surface area (Å²) < 4.78 is 5.18. The van der Waals surface area contributed by atoms with Crippen LogP contribution in [0.25, 0.3) is 0 Å². The van der Waals surface area contributed by atoms with E-state index >= 15 is 0 Å². The second-order valence-corrected chi connectivity index (χ2v) is 12.3. The Bertz CT molecular complexity index is 1120. The van der Waals surface area contributed by atoms with Crippen molar-refractivity contribution < 1.29 is 23.9 Å². The number of ether oxygens (including phenoxy) is 1. The first-order chi connectivity index (χ1) is 20.1. The summed E-state index contributed by atoms with van der Waals surface area (Å²) in [6, 6.07) is 6.00. The molecule has 0 aliphatic heterocycles. The molecular formula is C36H51ClO5. The molecule has 0 radical (unpaired) electrons. The minimum atomic E-state index is -0.522. The molecule has 6 heteroatoms. The highest BCUT2D eigenvalue weighted by Crippen LogP contribution is 2.34. The van der Waals surface area contributed by atoms with Crippen molar-refractivity contribution in [2.75, 3.05) is 6.61 Å². The zero-order valence-electron chi connectivity index (χ0n) is 26.4. The number of carbonyl (C=O) groups is 4. The number of ketones is 3. The van der Waals surface area contributed by atoms with E-state index in [0.29, 0.717) is 50.0 Å². The van der Waals surface area contributed by atoms with Crippen LogP contribution in [0, 0.1) is 30.6 Å². The van der Waals surface area contributed by atoms with E-state index in [2.05, 4.69) is 6.92 Å². The van der Waals surface area contributed by atoms with Gasteiger partial charge in [-0.05, 0) is 89.3 Å². The number of esters is 1. The molecule has 4 atom stereocenters. The SMILES string of the molecule is CC=CC(=CC)CCC(CC(=O)OCC)C(=O)CC1CC(CCCC)C(=O)CC(CCc2ccc(C)cc2Cl)CC1=O. The third-order valence-corrected chi connectivity index (χ3v) is 8.90. The summed E-state index contributed by atoms with van der Waals surface area (Å²) in [7, 11) is 0. The second kappa shape index (κ2) is 18.9. The number of carbonyl (C=O) groups excluding carboxylic acids is 4. The molecule has 0 spiro atoms. The summed E-state index contributed by atoms with van der Waals surface area (Å²) in [6.07, 6.45) is 12.4. The Morgan fingerprint density at radius 1 is 1.07 bits per heavy atom. The van der Waals surface area contributed by atoms with Crippen LogP contribution >= 0.6 is 11.6 Å². The van der Waals surface area contributed by atoms with Gasteiger partial charge in [0.1, 0.15) is 17.3 Å². The highest BCUT2D eigenvalue weighted by atomic mass is 35.5. The number of rotatable bonds is 16. The lowest BCUT2D eigenvalue weighted by molar-refractivity contribution is -0.146. The molecule has 1 aromatic rings. The summed E-state index contributed by atoms with van der Waals surface area (Å²) in [4.78, 5) is 53.3. The lowest BCUT2D eigenvalue weighted by atomic mass is 9.73. The largest absolute Gasteiger partial charge is 0.466 e. The molecule has 0 aromatic heterocycles. The summed E-state index contributed by atoms with van der Waals surface area (Å²) in [5.74, 6) is -1.51. The van der Waals surface area contributed by atoms with Crippen LogP contribution in [-0.2, 0) is 30.3 Å². The fourth-order valence-electron chi connectivity index (χ4n) is 6.01. The predicted molar refractivity (Wildman–Crippen MR) is 171 cm³/mol. The van der Waals surface area contributed by atoms with Gasteiger partial charge in [-0.2, -0.15) is 0 Å². The van der Waals surface area contributed by atoms with Gasteiger partial charge in [0, 0.05) is 42.0 Å². The van der Waals surface area contributed by atoms with Crippen LogP contribution in [0.4, 0.5) is 0 Å². The zero-order valence-corrected chi connectivity index (χ0v) is 27.1. The molecular weight excluding hydrogens is 548 g/mol. The Balaban J connectivity index is 2.23. The van der Waals surface area contributed by atoms with Gasteiger partial charge in [0.15, 0.2) is 0 Å². The highest BCUT2D eigenvalue weighted by Gasteiger charge is 2.35. The quantitative estimate of drug-likeness (QED) is 0.140.